The van der Waals surface area contributed by atoms with E-state index in [-0.39, 0.29) is 0 Å². The molecule has 0 spiro atoms. The number of thioether (sulfide) groups is 1. The molecular weight excluding hydrogens is 140 g/mol. The van der Waals surface area contributed by atoms with Gasteiger partial charge in [0.2, 0.25) is 0 Å². The maximum absolute atomic E-state index is 3.81. The number of hydrogen-bond acceptors (Lipinski definition) is 1. The first kappa shape index (κ1) is 7.42. The number of benzene rings is 1. The number of hydrogen-bond donors (Lipinski definition) is 0. The van der Waals surface area contributed by atoms with Gasteiger partial charge in [-0.05, 0) is 24.0 Å². The monoisotopic (exact) mass is 150 g/mol. The summed E-state index contributed by atoms with van der Waals surface area (Å²) in [5.74, 6) is 0. The van der Waals surface area contributed by atoms with Crippen LogP contribution in [0.2, 0.25) is 0 Å². The molecule has 1 aromatic rings. The molecule has 1 heteroatoms. The molecule has 0 aromatic heterocycles. The second-order valence-corrected chi connectivity index (χ2v) is 3.49. The maximum Gasteiger partial charge on any atom is 0.0118 e. The summed E-state index contributed by atoms with van der Waals surface area (Å²) in [6.07, 6.45) is 0. The Morgan fingerprint density at radius 2 is 1.90 bits per heavy atom. The first-order valence-electron chi connectivity index (χ1n) is 3.17. The van der Waals surface area contributed by atoms with Crippen LogP contribution in [0.3, 0.4) is 0 Å². The average Bonchev–Trinajstić information content (AvgIpc) is 1.88. The Bertz CT molecular complexity index is 213. The van der Waals surface area contributed by atoms with E-state index in [1.54, 1.807) is 11.8 Å². The minimum Gasteiger partial charge on any atom is -0.0955 e. The topological polar surface area (TPSA) is 0 Å². The third kappa shape index (κ3) is 2.28. The highest BCUT2D eigenvalue weighted by atomic mass is 32.2. The average molecular weight is 150 g/mol. The maximum atomic E-state index is 3.81. The minimum absolute atomic E-state index is 1.13. The molecule has 0 radical (unpaired) electrons. The van der Waals surface area contributed by atoms with Gasteiger partial charge in [-0.25, -0.2) is 0 Å². The SMILES string of the molecule is C=C(C)Sc1ccccc1. The van der Waals surface area contributed by atoms with E-state index in [2.05, 4.69) is 18.7 Å². The zero-order valence-electron chi connectivity index (χ0n) is 6.00. The third-order valence-electron chi connectivity index (χ3n) is 1.04. The standard InChI is InChI=1S/C9H10S/c1-8(2)10-9-6-4-3-5-7-9/h3-7H,1H2,2H3. The van der Waals surface area contributed by atoms with Gasteiger partial charge in [-0.2, -0.15) is 0 Å². The summed E-state index contributed by atoms with van der Waals surface area (Å²) >= 11 is 1.70. The van der Waals surface area contributed by atoms with Crippen molar-refractivity contribution in [3.63, 3.8) is 0 Å². The Kier molecular flexibility index (Phi) is 2.57. The van der Waals surface area contributed by atoms with E-state index in [1.165, 1.54) is 4.90 Å². The van der Waals surface area contributed by atoms with Gasteiger partial charge >= 0.3 is 0 Å². The summed E-state index contributed by atoms with van der Waals surface area (Å²) in [6, 6.07) is 10.2. The predicted octanol–water partition coefficient (Wildman–Crippen LogP) is 3.31. The summed E-state index contributed by atoms with van der Waals surface area (Å²) in [5, 5.41) is 0. The second-order valence-electron chi connectivity index (χ2n) is 2.12. The van der Waals surface area contributed by atoms with Crippen LogP contribution in [0.5, 0.6) is 0 Å². The normalized spacial score (nSPS) is 9.30. The second kappa shape index (κ2) is 3.47. The van der Waals surface area contributed by atoms with Gasteiger partial charge in [0, 0.05) is 4.90 Å². The highest BCUT2D eigenvalue weighted by Crippen LogP contribution is 2.23. The molecule has 0 atom stereocenters. The van der Waals surface area contributed by atoms with Crippen molar-refractivity contribution < 1.29 is 0 Å². The van der Waals surface area contributed by atoms with Gasteiger partial charge in [-0.15, -0.1) is 0 Å². The highest BCUT2D eigenvalue weighted by molar-refractivity contribution is 8.03. The van der Waals surface area contributed by atoms with Gasteiger partial charge in [0.15, 0.2) is 0 Å². The van der Waals surface area contributed by atoms with Crippen LogP contribution in [0.1, 0.15) is 6.92 Å². The zero-order chi connectivity index (χ0) is 7.40. The lowest BCUT2D eigenvalue weighted by Gasteiger charge is -1.96. The quantitative estimate of drug-likeness (QED) is 0.583. The van der Waals surface area contributed by atoms with E-state index in [0.717, 1.165) is 4.91 Å². The van der Waals surface area contributed by atoms with Crippen molar-refractivity contribution in [2.75, 3.05) is 0 Å². The lowest BCUT2D eigenvalue weighted by atomic mass is 10.4. The van der Waals surface area contributed by atoms with E-state index in [9.17, 15) is 0 Å². The molecule has 1 rings (SSSR count). The van der Waals surface area contributed by atoms with Crippen LogP contribution in [0.4, 0.5) is 0 Å². The smallest absolute Gasteiger partial charge is 0.0118 e. The molecule has 0 saturated heterocycles. The van der Waals surface area contributed by atoms with Gasteiger partial charge < -0.3 is 0 Å². The fourth-order valence-corrected chi connectivity index (χ4v) is 1.39. The van der Waals surface area contributed by atoms with E-state index in [1.807, 2.05) is 25.1 Å². The van der Waals surface area contributed by atoms with E-state index in [4.69, 9.17) is 0 Å². The third-order valence-corrected chi connectivity index (χ3v) is 1.89. The van der Waals surface area contributed by atoms with Crippen LogP contribution in [-0.4, -0.2) is 0 Å². The van der Waals surface area contributed by atoms with Gasteiger partial charge in [0.1, 0.15) is 0 Å². The van der Waals surface area contributed by atoms with Crippen LogP contribution in [0, 0.1) is 0 Å². The van der Waals surface area contributed by atoms with E-state index >= 15 is 0 Å². The van der Waals surface area contributed by atoms with Crippen LogP contribution >= 0.6 is 11.8 Å². The van der Waals surface area contributed by atoms with E-state index < -0.39 is 0 Å². The summed E-state index contributed by atoms with van der Waals surface area (Å²) in [4.78, 5) is 2.39. The molecule has 0 saturated carbocycles. The summed E-state index contributed by atoms with van der Waals surface area (Å²) in [6.45, 7) is 5.82. The molecule has 0 heterocycles. The molecule has 0 bridgehead atoms. The fraction of sp³-hybridized carbons (Fsp3) is 0.111. The number of allylic oxidation sites excluding steroid dienone is 1. The van der Waals surface area contributed by atoms with Crippen LogP contribution < -0.4 is 0 Å². The highest BCUT2D eigenvalue weighted by Gasteiger charge is 1.89. The molecule has 0 aliphatic rings. The lowest BCUT2D eigenvalue weighted by Crippen LogP contribution is -1.67. The van der Waals surface area contributed by atoms with Crippen molar-refractivity contribution in [2.45, 2.75) is 11.8 Å². The Balaban J connectivity index is 2.67. The predicted molar refractivity (Wildman–Crippen MR) is 47.1 cm³/mol. The van der Waals surface area contributed by atoms with Crippen molar-refractivity contribution in [1.82, 2.24) is 0 Å². The molecule has 0 nitrogen and oxygen atoms in total. The van der Waals surface area contributed by atoms with Crippen molar-refractivity contribution in [2.24, 2.45) is 0 Å². The molecule has 0 fully saturated rings. The van der Waals surface area contributed by atoms with Crippen molar-refractivity contribution in [3.8, 4) is 0 Å². The molecule has 0 unspecified atom stereocenters. The van der Waals surface area contributed by atoms with Gasteiger partial charge in [0.05, 0.1) is 0 Å². The largest absolute Gasteiger partial charge is 0.0955 e. The van der Waals surface area contributed by atoms with Crippen molar-refractivity contribution in [3.05, 3.63) is 41.8 Å². The Hall–Kier alpha value is -0.690. The van der Waals surface area contributed by atoms with Crippen molar-refractivity contribution >= 4 is 11.8 Å². The molecule has 0 amide bonds. The minimum atomic E-state index is 1.13. The Morgan fingerprint density at radius 1 is 1.30 bits per heavy atom. The van der Waals surface area contributed by atoms with Gasteiger partial charge in [-0.3, -0.25) is 0 Å². The van der Waals surface area contributed by atoms with Crippen molar-refractivity contribution in [1.29, 1.82) is 0 Å². The molecule has 0 aliphatic heterocycles. The van der Waals surface area contributed by atoms with Gasteiger partial charge in [-0.1, -0.05) is 36.5 Å². The molecule has 52 valence electrons. The Morgan fingerprint density at radius 3 is 2.40 bits per heavy atom. The molecule has 1 aromatic carbocycles. The zero-order valence-corrected chi connectivity index (χ0v) is 6.82. The van der Waals surface area contributed by atoms with Crippen LogP contribution in [0.25, 0.3) is 0 Å². The van der Waals surface area contributed by atoms with E-state index in [0.29, 0.717) is 0 Å². The Labute approximate surface area is 66.0 Å². The van der Waals surface area contributed by atoms with Crippen LogP contribution in [-0.2, 0) is 0 Å². The number of rotatable bonds is 2. The molecule has 10 heavy (non-hydrogen) atoms. The fourth-order valence-electron chi connectivity index (χ4n) is 0.690. The molecule has 0 aliphatic carbocycles. The lowest BCUT2D eigenvalue weighted by molar-refractivity contribution is 1.46. The molecule has 0 N–H and O–H groups in total. The first-order valence-corrected chi connectivity index (χ1v) is 3.99. The summed E-state index contributed by atoms with van der Waals surface area (Å²) in [5.41, 5.74) is 0. The summed E-state index contributed by atoms with van der Waals surface area (Å²) < 4.78 is 0. The summed E-state index contributed by atoms with van der Waals surface area (Å²) in [7, 11) is 0. The molecular formula is C9H10S. The van der Waals surface area contributed by atoms with Gasteiger partial charge in [0.25, 0.3) is 0 Å². The first-order chi connectivity index (χ1) is 4.79. The van der Waals surface area contributed by atoms with Crippen LogP contribution in [0.15, 0.2) is 46.7 Å².